The Morgan fingerprint density at radius 1 is 1.40 bits per heavy atom. The highest BCUT2D eigenvalue weighted by Gasteiger charge is 1.97. The number of nitrogens with two attached hydrogens (primary N) is 2. The fourth-order valence-corrected chi connectivity index (χ4v) is 0.705. The Balaban J connectivity index is 3.73. The Bertz CT molecular complexity index is 117. The van der Waals surface area contributed by atoms with Crippen LogP contribution in [0.15, 0.2) is 11.4 Å². The monoisotopic (exact) mass is 144 g/mol. The van der Waals surface area contributed by atoms with Crippen LogP contribution < -0.4 is 11.5 Å². The molecule has 3 heteroatoms. The summed E-state index contributed by atoms with van der Waals surface area (Å²) in [5.41, 5.74) is 11.3. The van der Waals surface area contributed by atoms with E-state index in [2.05, 4.69) is 6.92 Å². The van der Waals surface area contributed by atoms with Gasteiger partial charge in [-0.1, -0.05) is 13.3 Å². The lowest BCUT2D eigenvalue weighted by Crippen LogP contribution is -2.14. The van der Waals surface area contributed by atoms with Gasteiger partial charge >= 0.3 is 0 Å². The minimum absolute atomic E-state index is 0.0116. The Kier molecular flexibility index (Phi) is 4.76. The van der Waals surface area contributed by atoms with Gasteiger partial charge in [0.2, 0.25) is 0 Å². The van der Waals surface area contributed by atoms with E-state index in [9.17, 15) is 0 Å². The molecule has 0 aromatic rings. The van der Waals surface area contributed by atoms with Crippen LogP contribution in [0.4, 0.5) is 0 Å². The number of rotatable bonds is 4. The predicted octanol–water partition coefficient (Wildman–Crippen LogP) is 0.298. The third-order valence-electron chi connectivity index (χ3n) is 1.43. The highest BCUT2D eigenvalue weighted by atomic mass is 16.3. The third-order valence-corrected chi connectivity index (χ3v) is 1.43. The molecule has 0 spiro atoms. The number of aliphatic hydroxyl groups excluding tert-OH is 1. The van der Waals surface area contributed by atoms with Gasteiger partial charge < -0.3 is 16.6 Å². The fraction of sp³-hybridized carbons (Fsp3) is 0.714. The molecule has 0 aliphatic carbocycles. The molecular weight excluding hydrogens is 128 g/mol. The molecule has 0 radical (unpaired) electrons. The van der Waals surface area contributed by atoms with Crippen molar-refractivity contribution < 1.29 is 5.11 Å². The maximum Gasteiger partial charge on any atom is 0.0948 e. The van der Waals surface area contributed by atoms with Gasteiger partial charge in [0.1, 0.15) is 0 Å². The summed E-state index contributed by atoms with van der Waals surface area (Å²) < 4.78 is 0. The molecule has 0 saturated heterocycles. The van der Waals surface area contributed by atoms with E-state index >= 15 is 0 Å². The molecule has 10 heavy (non-hydrogen) atoms. The fourth-order valence-electron chi connectivity index (χ4n) is 0.705. The molecule has 3 nitrogen and oxygen atoms in total. The maximum atomic E-state index is 8.71. The van der Waals surface area contributed by atoms with Crippen LogP contribution in [0.3, 0.4) is 0 Å². The Morgan fingerprint density at radius 3 is 2.30 bits per heavy atom. The molecule has 0 amide bonds. The summed E-state index contributed by atoms with van der Waals surface area (Å²) in [6.07, 6.45) is 2.94. The minimum atomic E-state index is -0.0116. The Morgan fingerprint density at radius 2 is 2.00 bits per heavy atom. The van der Waals surface area contributed by atoms with Gasteiger partial charge in [0.25, 0.3) is 0 Å². The molecule has 0 unspecified atom stereocenters. The first-order chi connectivity index (χ1) is 4.72. The Labute approximate surface area is 61.7 Å². The van der Waals surface area contributed by atoms with Crippen LogP contribution in [-0.4, -0.2) is 11.7 Å². The van der Waals surface area contributed by atoms with Gasteiger partial charge in [-0.05, 0) is 18.4 Å². The summed E-state index contributed by atoms with van der Waals surface area (Å²) in [4.78, 5) is 0. The largest absolute Gasteiger partial charge is 0.392 e. The van der Waals surface area contributed by atoms with Gasteiger partial charge in [-0.25, -0.2) is 0 Å². The SMILES string of the molecule is CCCCC(CO)=C(N)N. The van der Waals surface area contributed by atoms with Gasteiger partial charge in [-0.3, -0.25) is 0 Å². The van der Waals surface area contributed by atoms with Gasteiger partial charge in [0, 0.05) is 0 Å². The van der Waals surface area contributed by atoms with E-state index < -0.39 is 0 Å². The van der Waals surface area contributed by atoms with Crippen LogP contribution >= 0.6 is 0 Å². The van der Waals surface area contributed by atoms with Gasteiger partial charge in [0.15, 0.2) is 0 Å². The summed E-state index contributed by atoms with van der Waals surface area (Å²) in [5.74, 6) is 0.274. The van der Waals surface area contributed by atoms with Crippen molar-refractivity contribution in [1.29, 1.82) is 0 Å². The molecule has 0 fully saturated rings. The molecule has 0 aliphatic heterocycles. The lowest BCUT2D eigenvalue weighted by Gasteiger charge is -2.03. The zero-order valence-corrected chi connectivity index (χ0v) is 6.43. The normalized spacial score (nSPS) is 9.40. The van der Waals surface area contributed by atoms with Crippen LogP contribution in [0.5, 0.6) is 0 Å². The van der Waals surface area contributed by atoms with Gasteiger partial charge in [-0.15, -0.1) is 0 Å². The van der Waals surface area contributed by atoms with Gasteiger partial charge in [0.05, 0.1) is 12.4 Å². The number of unbranched alkanes of at least 4 members (excludes halogenated alkanes) is 1. The predicted molar refractivity (Wildman–Crippen MR) is 42.0 cm³/mol. The van der Waals surface area contributed by atoms with Crippen LogP contribution in [0.25, 0.3) is 0 Å². The molecule has 0 aromatic heterocycles. The molecule has 0 bridgehead atoms. The third kappa shape index (κ3) is 3.35. The van der Waals surface area contributed by atoms with E-state index in [0.717, 1.165) is 24.8 Å². The molecule has 0 atom stereocenters. The number of aliphatic hydroxyl groups is 1. The highest BCUT2D eigenvalue weighted by Crippen LogP contribution is 2.05. The van der Waals surface area contributed by atoms with E-state index in [1.165, 1.54) is 0 Å². The molecular formula is C7H16N2O. The van der Waals surface area contributed by atoms with Crippen LogP contribution in [0, 0.1) is 0 Å². The average Bonchev–Trinajstić information content (AvgIpc) is 1.89. The van der Waals surface area contributed by atoms with Crippen molar-refractivity contribution >= 4 is 0 Å². The lowest BCUT2D eigenvalue weighted by molar-refractivity contribution is 0.324. The molecule has 60 valence electrons. The molecule has 0 aliphatic rings. The summed E-state index contributed by atoms with van der Waals surface area (Å²) in [5, 5.41) is 8.71. The number of hydrogen-bond acceptors (Lipinski definition) is 3. The zero-order valence-electron chi connectivity index (χ0n) is 6.43. The second-order valence-corrected chi connectivity index (χ2v) is 2.32. The van der Waals surface area contributed by atoms with Crippen molar-refractivity contribution in [2.45, 2.75) is 26.2 Å². The molecule has 5 N–H and O–H groups in total. The second kappa shape index (κ2) is 5.11. The molecule has 0 saturated carbocycles. The topological polar surface area (TPSA) is 72.3 Å². The minimum Gasteiger partial charge on any atom is -0.392 e. The van der Waals surface area contributed by atoms with Crippen LogP contribution in [-0.2, 0) is 0 Å². The summed E-state index contributed by atoms with van der Waals surface area (Å²) in [7, 11) is 0. The van der Waals surface area contributed by atoms with E-state index in [1.807, 2.05) is 0 Å². The first-order valence-corrected chi connectivity index (χ1v) is 3.56. The first-order valence-electron chi connectivity index (χ1n) is 3.56. The van der Waals surface area contributed by atoms with E-state index in [0.29, 0.717) is 0 Å². The summed E-state index contributed by atoms with van der Waals surface area (Å²) in [6.45, 7) is 2.07. The second-order valence-electron chi connectivity index (χ2n) is 2.32. The Hall–Kier alpha value is -0.700. The summed E-state index contributed by atoms with van der Waals surface area (Å²) in [6, 6.07) is 0. The van der Waals surface area contributed by atoms with Crippen LogP contribution in [0.2, 0.25) is 0 Å². The first kappa shape index (κ1) is 9.30. The van der Waals surface area contributed by atoms with Crippen molar-refractivity contribution in [2.24, 2.45) is 11.5 Å². The lowest BCUT2D eigenvalue weighted by atomic mass is 10.1. The molecule has 0 rings (SSSR count). The maximum absolute atomic E-state index is 8.71. The summed E-state index contributed by atoms with van der Waals surface area (Å²) >= 11 is 0. The number of hydrogen-bond donors (Lipinski definition) is 3. The molecule has 0 aromatic carbocycles. The van der Waals surface area contributed by atoms with E-state index in [-0.39, 0.29) is 12.4 Å². The van der Waals surface area contributed by atoms with Crippen molar-refractivity contribution in [2.75, 3.05) is 6.61 Å². The quantitative estimate of drug-likeness (QED) is 0.531. The van der Waals surface area contributed by atoms with E-state index in [4.69, 9.17) is 16.6 Å². The van der Waals surface area contributed by atoms with Crippen LogP contribution in [0.1, 0.15) is 26.2 Å². The van der Waals surface area contributed by atoms with E-state index in [1.54, 1.807) is 0 Å². The average molecular weight is 144 g/mol. The van der Waals surface area contributed by atoms with Crippen molar-refractivity contribution in [1.82, 2.24) is 0 Å². The highest BCUT2D eigenvalue weighted by molar-refractivity contribution is 5.07. The van der Waals surface area contributed by atoms with Gasteiger partial charge in [-0.2, -0.15) is 0 Å². The van der Waals surface area contributed by atoms with Crippen molar-refractivity contribution in [3.05, 3.63) is 11.4 Å². The van der Waals surface area contributed by atoms with Crippen molar-refractivity contribution in [3.8, 4) is 0 Å². The van der Waals surface area contributed by atoms with Crippen molar-refractivity contribution in [3.63, 3.8) is 0 Å². The smallest absolute Gasteiger partial charge is 0.0948 e. The zero-order chi connectivity index (χ0) is 7.98. The standard InChI is InChI=1S/C7H16N2O/c1-2-3-4-6(5-10)7(8)9/h10H,2-5,8-9H2,1H3. The molecule has 0 heterocycles.